The minimum Gasteiger partial charge on any atom is -0.376 e. The van der Waals surface area contributed by atoms with Crippen molar-refractivity contribution in [1.29, 1.82) is 0 Å². The number of amides is 1. The number of nitrogens with one attached hydrogen (secondary N) is 2. The molecular formula is C44H49Cl3N6O5S2. The van der Waals surface area contributed by atoms with E-state index in [4.69, 9.17) is 11.6 Å². The van der Waals surface area contributed by atoms with E-state index in [1.54, 1.807) is 23.9 Å². The molecule has 0 bridgehead atoms. The van der Waals surface area contributed by atoms with Crippen LogP contribution < -0.4 is 14.9 Å². The number of fused-ring (bicyclic) bond motifs is 3. The van der Waals surface area contributed by atoms with Crippen molar-refractivity contribution in [1.82, 2.24) is 14.5 Å². The van der Waals surface area contributed by atoms with Gasteiger partial charge in [-0.25, -0.2) is 13.1 Å². The predicted molar refractivity (Wildman–Crippen MR) is 248 cm³/mol. The standard InChI is InChI=1S/C44H47ClN6O5S2.2ClH/c1-48(2)23-22-36(30-57-38-9-4-3-5-10-38)46-41-20-19-39(27-43(41)51(53)54)58(55,56)47-44(52)33-15-21-42-32(26-33)14-18-37-29-49(24-25-50(37)42)28-34-8-6-7-11-40(34)31-12-16-35(45)17-13-31;;/h3-13,15-17,19-21,26-27,36-37,46H,14,18,22-25,28-30H2,1-2H3,(H,47,52);2*1H/t36-,37-;;/m1../s1. The highest BCUT2D eigenvalue weighted by Crippen LogP contribution is 2.35. The maximum absolute atomic E-state index is 13.5. The van der Waals surface area contributed by atoms with E-state index < -0.39 is 20.9 Å². The number of rotatable bonds is 15. The summed E-state index contributed by atoms with van der Waals surface area (Å²) in [4.78, 5) is 32.7. The Morgan fingerprint density at radius 3 is 2.42 bits per heavy atom. The van der Waals surface area contributed by atoms with Gasteiger partial charge in [0.1, 0.15) is 5.69 Å². The van der Waals surface area contributed by atoms with Crippen LogP contribution in [0, 0.1) is 10.1 Å². The van der Waals surface area contributed by atoms with Crippen molar-refractivity contribution in [3.05, 3.63) is 147 Å². The Bertz CT molecular complexity index is 2370. The van der Waals surface area contributed by atoms with Crippen LogP contribution in [0.25, 0.3) is 11.1 Å². The third-order valence-corrected chi connectivity index (χ3v) is 13.5. The topological polar surface area (TPSA) is 128 Å². The fourth-order valence-corrected chi connectivity index (χ4v) is 9.82. The van der Waals surface area contributed by atoms with Gasteiger partial charge in [-0.15, -0.1) is 36.6 Å². The summed E-state index contributed by atoms with van der Waals surface area (Å²) in [6.45, 7) is 4.18. The minimum atomic E-state index is -4.44. The number of anilines is 2. The van der Waals surface area contributed by atoms with Crippen LogP contribution in [0.2, 0.25) is 5.02 Å². The molecule has 7 rings (SSSR count). The van der Waals surface area contributed by atoms with Gasteiger partial charge in [-0.05, 0) is 117 Å². The maximum Gasteiger partial charge on any atom is 0.293 e. The van der Waals surface area contributed by atoms with Gasteiger partial charge >= 0.3 is 0 Å². The number of piperazine rings is 1. The van der Waals surface area contributed by atoms with Gasteiger partial charge in [0.25, 0.3) is 21.6 Å². The van der Waals surface area contributed by atoms with E-state index in [0.29, 0.717) is 23.2 Å². The van der Waals surface area contributed by atoms with E-state index in [0.717, 1.165) is 73.3 Å². The molecule has 2 N–H and O–H groups in total. The number of nitro benzene ring substituents is 1. The van der Waals surface area contributed by atoms with Crippen molar-refractivity contribution in [2.24, 2.45) is 0 Å². The van der Waals surface area contributed by atoms with Crippen LogP contribution in [0.4, 0.5) is 17.1 Å². The average Bonchev–Trinajstić information content (AvgIpc) is 3.22. The van der Waals surface area contributed by atoms with Crippen LogP contribution in [0.3, 0.4) is 0 Å². The summed E-state index contributed by atoms with van der Waals surface area (Å²) in [7, 11) is -0.509. The summed E-state index contributed by atoms with van der Waals surface area (Å²) in [6.07, 6.45) is 2.36. The molecule has 0 unspecified atom stereocenters. The van der Waals surface area contributed by atoms with Gasteiger partial charge in [-0.3, -0.25) is 19.8 Å². The summed E-state index contributed by atoms with van der Waals surface area (Å²) in [6, 6.07) is 35.5. The molecule has 2 atom stereocenters. The van der Waals surface area contributed by atoms with E-state index in [9.17, 15) is 23.3 Å². The molecule has 0 aromatic heterocycles. The number of hydrogen-bond acceptors (Lipinski definition) is 10. The molecule has 60 heavy (non-hydrogen) atoms. The van der Waals surface area contributed by atoms with E-state index in [-0.39, 0.29) is 52.7 Å². The molecular weight excluding hydrogens is 863 g/mol. The molecule has 0 aliphatic carbocycles. The number of halogens is 3. The second-order valence-electron chi connectivity index (χ2n) is 15.1. The Labute approximate surface area is 373 Å². The number of carbonyl (C=O) groups excluding carboxylic acids is 1. The molecule has 11 nitrogen and oxygen atoms in total. The molecule has 1 fully saturated rings. The number of carbonyl (C=O) groups is 1. The number of nitro groups is 1. The molecule has 5 aromatic rings. The fraction of sp³-hybridized carbons (Fsp3) is 0.295. The minimum absolute atomic E-state index is 0. The lowest BCUT2D eigenvalue weighted by atomic mass is 9.92. The monoisotopic (exact) mass is 910 g/mol. The second-order valence-corrected chi connectivity index (χ2v) is 18.3. The third kappa shape index (κ3) is 11.5. The zero-order chi connectivity index (χ0) is 40.8. The van der Waals surface area contributed by atoms with Gasteiger partial charge in [0, 0.05) is 71.3 Å². The van der Waals surface area contributed by atoms with E-state index in [1.807, 2.05) is 67.5 Å². The Morgan fingerprint density at radius 2 is 1.68 bits per heavy atom. The van der Waals surface area contributed by atoms with Crippen molar-refractivity contribution in [3.8, 4) is 11.1 Å². The average molecular weight is 912 g/mol. The quantitative estimate of drug-likeness (QED) is 0.0597. The van der Waals surface area contributed by atoms with Gasteiger partial charge in [-0.1, -0.05) is 66.2 Å². The zero-order valence-electron chi connectivity index (χ0n) is 33.3. The summed E-state index contributed by atoms with van der Waals surface area (Å²) in [5.74, 6) is -0.149. The Balaban J connectivity index is 0.00000341. The Hall–Kier alpha value is -4.34. The van der Waals surface area contributed by atoms with Gasteiger partial charge in [-0.2, -0.15) is 0 Å². The van der Waals surface area contributed by atoms with Crippen LogP contribution in [0.15, 0.2) is 125 Å². The largest absolute Gasteiger partial charge is 0.376 e. The molecule has 0 radical (unpaired) electrons. The third-order valence-electron chi connectivity index (χ3n) is 10.7. The van der Waals surface area contributed by atoms with Crippen LogP contribution in [-0.2, 0) is 23.0 Å². The Morgan fingerprint density at radius 1 is 0.950 bits per heavy atom. The highest BCUT2D eigenvalue weighted by Gasteiger charge is 2.33. The van der Waals surface area contributed by atoms with Crippen molar-refractivity contribution >= 4 is 81.2 Å². The van der Waals surface area contributed by atoms with Gasteiger partial charge in [0.15, 0.2) is 0 Å². The first-order valence-corrected chi connectivity index (χ1v) is 22.2. The number of sulfonamides is 1. The first kappa shape index (κ1) is 46.7. The maximum atomic E-state index is 13.5. The zero-order valence-corrected chi connectivity index (χ0v) is 37.4. The number of hydrogen-bond donors (Lipinski definition) is 2. The molecule has 5 aromatic carbocycles. The summed E-state index contributed by atoms with van der Waals surface area (Å²) in [5, 5.41) is 16.2. The lowest BCUT2D eigenvalue weighted by Gasteiger charge is -2.46. The molecule has 2 aliphatic heterocycles. The molecule has 0 spiro atoms. The molecule has 1 saturated heterocycles. The van der Waals surface area contributed by atoms with Crippen molar-refractivity contribution in [3.63, 3.8) is 0 Å². The van der Waals surface area contributed by atoms with Gasteiger partial charge in [0.2, 0.25) is 0 Å². The number of aryl methyl sites for hydroxylation is 1. The highest BCUT2D eigenvalue weighted by molar-refractivity contribution is 7.99. The summed E-state index contributed by atoms with van der Waals surface area (Å²) in [5.41, 5.74) is 5.69. The highest BCUT2D eigenvalue weighted by atomic mass is 35.5. The fourth-order valence-electron chi connectivity index (χ4n) is 7.70. The van der Waals surface area contributed by atoms with Crippen LogP contribution in [0.5, 0.6) is 0 Å². The number of thioether (sulfide) groups is 1. The van der Waals surface area contributed by atoms with Crippen molar-refractivity contribution in [2.75, 3.05) is 56.2 Å². The van der Waals surface area contributed by atoms with E-state index in [2.05, 4.69) is 56.2 Å². The van der Waals surface area contributed by atoms with Crippen LogP contribution in [0.1, 0.15) is 34.3 Å². The summed E-state index contributed by atoms with van der Waals surface area (Å²) < 4.78 is 29.2. The first-order chi connectivity index (χ1) is 27.9. The lowest BCUT2D eigenvalue weighted by molar-refractivity contribution is -0.384. The van der Waals surface area contributed by atoms with Gasteiger partial charge < -0.3 is 15.1 Å². The van der Waals surface area contributed by atoms with Crippen molar-refractivity contribution in [2.45, 2.75) is 47.7 Å². The summed E-state index contributed by atoms with van der Waals surface area (Å²) >= 11 is 7.79. The number of nitrogens with zero attached hydrogens (tertiary/aromatic N) is 4. The van der Waals surface area contributed by atoms with Crippen LogP contribution >= 0.6 is 48.2 Å². The Kier molecular flexibility index (Phi) is 16.3. The molecule has 2 aliphatic rings. The van der Waals surface area contributed by atoms with Gasteiger partial charge in [0.05, 0.1) is 9.82 Å². The normalized spacial score (nSPS) is 15.5. The number of benzene rings is 5. The molecule has 1 amide bonds. The molecule has 0 saturated carbocycles. The predicted octanol–water partition coefficient (Wildman–Crippen LogP) is 9.04. The molecule has 318 valence electrons. The SMILES string of the molecule is CN(C)CC[C@H](CSc1ccccc1)Nc1ccc(S(=O)(=O)NC(=O)c2ccc3c(c2)CC[C@@H]2CN(Cc4ccccc4-c4ccc(Cl)cc4)CCN32)cc1[N+](=O)[O-].Cl.Cl. The smallest absolute Gasteiger partial charge is 0.293 e. The lowest BCUT2D eigenvalue weighted by Crippen LogP contribution is -2.54. The molecule has 2 heterocycles. The van der Waals surface area contributed by atoms with E-state index >= 15 is 0 Å². The van der Waals surface area contributed by atoms with E-state index in [1.165, 1.54) is 23.3 Å². The first-order valence-electron chi connectivity index (χ1n) is 19.3. The molecule has 16 heteroatoms. The van der Waals surface area contributed by atoms with Crippen molar-refractivity contribution < 1.29 is 18.1 Å². The van der Waals surface area contributed by atoms with Crippen LogP contribution in [-0.4, -0.2) is 87.2 Å². The second kappa shape index (κ2) is 21.0.